The third-order valence-corrected chi connectivity index (χ3v) is 2.84. The molecule has 0 aliphatic carbocycles. The molecular formula is C16H21NO4. The van der Waals surface area contributed by atoms with Crippen molar-refractivity contribution in [1.29, 1.82) is 0 Å². The van der Waals surface area contributed by atoms with Crippen LogP contribution in [0.4, 0.5) is 5.69 Å². The van der Waals surface area contributed by atoms with Crippen LogP contribution in [0.5, 0.6) is 5.75 Å². The van der Waals surface area contributed by atoms with Crippen molar-refractivity contribution in [2.24, 2.45) is 0 Å². The van der Waals surface area contributed by atoms with E-state index in [0.29, 0.717) is 19.8 Å². The molecule has 5 nitrogen and oxygen atoms in total. The Labute approximate surface area is 124 Å². The van der Waals surface area contributed by atoms with Crippen molar-refractivity contribution in [2.75, 3.05) is 25.1 Å². The monoisotopic (exact) mass is 291 g/mol. The highest BCUT2D eigenvalue weighted by atomic mass is 16.5. The Morgan fingerprint density at radius 2 is 2.05 bits per heavy atom. The summed E-state index contributed by atoms with van der Waals surface area (Å²) in [5.74, 6) is 1.59. The van der Waals surface area contributed by atoms with Gasteiger partial charge in [0, 0.05) is 12.2 Å². The lowest BCUT2D eigenvalue weighted by atomic mass is 10.3. The van der Waals surface area contributed by atoms with Gasteiger partial charge in [0.2, 0.25) is 0 Å². The van der Waals surface area contributed by atoms with Crippen LogP contribution in [0.3, 0.4) is 0 Å². The maximum atomic E-state index is 9.84. The first-order chi connectivity index (χ1) is 10.3. The molecule has 0 fully saturated rings. The second kappa shape index (κ2) is 8.34. The Bertz CT molecular complexity index is 496. The molecule has 0 radical (unpaired) electrons. The van der Waals surface area contributed by atoms with Gasteiger partial charge in [0.05, 0.1) is 25.6 Å². The lowest BCUT2D eigenvalue weighted by molar-refractivity contribution is 0.0282. The van der Waals surface area contributed by atoms with Gasteiger partial charge in [-0.25, -0.2) is 0 Å². The zero-order valence-corrected chi connectivity index (χ0v) is 12.1. The first-order valence-corrected chi connectivity index (χ1v) is 7.03. The summed E-state index contributed by atoms with van der Waals surface area (Å²) in [4.78, 5) is 0. The molecule has 0 saturated carbocycles. The third kappa shape index (κ3) is 5.49. The molecule has 0 amide bonds. The molecule has 21 heavy (non-hydrogen) atoms. The molecule has 0 bridgehead atoms. The van der Waals surface area contributed by atoms with E-state index in [4.69, 9.17) is 13.9 Å². The number of benzene rings is 1. The molecule has 0 aliphatic heterocycles. The zero-order chi connectivity index (χ0) is 14.9. The Hall–Kier alpha value is -1.98. The summed E-state index contributed by atoms with van der Waals surface area (Å²) >= 11 is 0. The van der Waals surface area contributed by atoms with Crippen LogP contribution in [0, 0.1) is 0 Å². The van der Waals surface area contributed by atoms with Gasteiger partial charge < -0.3 is 24.3 Å². The van der Waals surface area contributed by atoms with Gasteiger partial charge in [-0.2, -0.15) is 0 Å². The molecular weight excluding hydrogens is 270 g/mol. The summed E-state index contributed by atoms with van der Waals surface area (Å²) in [7, 11) is 0. The van der Waals surface area contributed by atoms with E-state index in [2.05, 4.69) is 5.32 Å². The zero-order valence-electron chi connectivity index (χ0n) is 12.1. The fourth-order valence-corrected chi connectivity index (χ4v) is 1.82. The second-order valence-electron chi connectivity index (χ2n) is 4.59. The average molecular weight is 291 g/mol. The van der Waals surface area contributed by atoms with Gasteiger partial charge in [0.15, 0.2) is 0 Å². The minimum atomic E-state index is -0.577. The number of ether oxygens (including phenoxy) is 2. The second-order valence-corrected chi connectivity index (χ2v) is 4.59. The van der Waals surface area contributed by atoms with Crippen LogP contribution in [-0.2, 0) is 11.3 Å². The fraction of sp³-hybridized carbons (Fsp3) is 0.375. The number of anilines is 1. The molecule has 1 aromatic carbocycles. The number of aliphatic hydroxyl groups is 1. The first kappa shape index (κ1) is 15.4. The number of hydrogen-bond donors (Lipinski definition) is 2. The minimum absolute atomic E-state index is 0.255. The molecule has 1 unspecified atom stereocenters. The van der Waals surface area contributed by atoms with Gasteiger partial charge in [-0.05, 0) is 43.3 Å². The highest BCUT2D eigenvalue weighted by Gasteiger charge is 2.05. The molecule has 2 aromatic rings. The van der Waals surface area contributed by atoms with Gasteiger partial charge in [-0.15, -0.1) is 0 Å². The largest absolute Gasteiger partial charge is 0.494 e. The molecule has 0 saturated heterocycles. The van der Waals surface area contributed by atoms with Crippen molar-refractivity contribution in [3.8, 4) is 5.75 Å². The molecule has 1 aromatic heterocycles. The molecule has 114 valence electrons. The van der Waals surface area contributed by atoms with Crippen molar-refractivity contribution >= 4 is 5.69 Å². The van der Waals surface area contributed by atoms with Crippen molar-refractivity contribution in [3.05, 3.63) is 48.4 Å². The van der Waals surface area contributed by atoms with Crippen LogP contribution >= 0.6 is 0 Å². The Morgan fingerprint density at radius 1 is 1.24 bits per heavy atom. The van der Waals surface area contributed by atoms with Crippen LogP contribution in [0.15, 0.2) is 47.1 Å². The van der Waals surface area contributed by atoms with Crippen molar-refractivity contribution in [3.63, 3.8) is 0 Å². The summed E-state index contributed by atoms with van der Waals surface area (Å²) < 4.78 is 15.9. The smallest absolute Gasteiger partial charge is 0.129 e. The Balaban J connectivity index is 1.64. The van der Waals surface area contributed by atoms with Gasteiger partial charge in [0.25, 0.3) is 0 Å². The van der Waals surface area contributed by atoms with Gasteiger partial charge >= 0.3 is 0 Å². The number of furan rings is 1. The topological polar surface area (TPSA) is 63.9 Å². The normalized spacial score (nSPS) is 12.1. The lowest BCUT2D eigenvalue weighted by Gasteiger charge is -2.13. The first-order valence-electron chi connectivity index (χ1n) is 7.03. The molecule has 2 N–H and O–H groups in total. The van der Waals surface area contributed by atoms with E-state index in [1.807, 2.05) is 43.3 Å². The number of aliphatic hydroxyl groups excluding tert-OH is 1. The van der Waals surface area contributed by atoms with E-state index in [0.717, 1.165) is 17.2 Å². The highest BCUT2D eigenvalue weighted by molar-refractivity contribution is 5.46. The minimum Gasteiger partial charge on any atom is -0.494 e. The standard InChI is InChI=1S/C16H21NO4/c1-2-20-15-7-5-13(6-8-15)17-10-14(18)11-19-12-16-4-3-9-21-16/h3-9,14,17-18H,2,10-12H2,1H3. The van der Waals surface area contributed by atoms with Crippen molar-refractivity contribution < 1.29 is 19.0 Å². The molecule has 0 aliphatic rings. The molecule has 1 heterocycles. The summed E-state index contributed by atoms with van der Waals surface area (Å²) in [6.45, 7) is 3.65. The van der Waals surface area contributed by atoms with Gasteiger partial charge in [0.1, 0.15) is 18.1 Å². The summed E-state index contributed by atoms with van der Waals surface area (Å²) in [6, 6.07) is 11.3. The Morgan fingerprint density at radius 3 is 2.71 bits per heavy atom. The van der Waals surface area contributed by atoms with E-state index < -0.39 is 6.10 Å². The maximum absolute atomic E-state index is 9.84. The van der Waals surface area contributed by atoms with E-state index in [1.165, 1.54) is 0 Å². The summed E-state index contributed by atoms with van der Waals surface area (Å²) in [6.07, 6.45) is 1.02. The van der Waals surface area contributed by atoms with E-state index in [-0.39, 0.29) is 6.61 Å². The van der Waals surface area contributed by atoms with Crippen LogP contribution in [0.25, 0.3) is 0 Å². The predicted molar refractivity (Wildman–Crippen MR) is 80.5 cm³/mol. The van der Waals surface area contributed by atoms with Crippen molar-refractivity contribution in [2.45, 2.75) is 19.6 Å². The van der Waals surface area contributed by atoms with Crippen molar-refractivity contribution in [1.82, 2.24) is 0 Å². The van der Waals surface area contributed by atoms with Crippen LogP contribution in [-0.4, -0.2) is 31.0 Å². The number of rotatable bonds is 9. The van der Waals surface area contributed by atoms with Gasteiger partial charge in [-0.3, -0.25) is 0 Å². The van der Waals surface area contributed by atoms with Crippen LogP contribution < -0.4 is 10.1 Å². The Kier molecular flexibility index (Phi) is 6.12. The lowest BCUT2D eigenvalue weighted by Crippen LogP contribution is -2.24. The van der Waals surface area contributed by atoms with Crippen LogP contribution in [0.2, 0.25) is 0 Å². The van der Waals surface area contributed by atoms with Gasteiger partial charge in [-0.1, -0.05) is 0 Å². The SMILES string of the molecule is CCOc1ccc(NCC(O)COCc2ccco2)cc1. The summed E-state index contributed by atoms with van der Waals surface area (Å²) in [5.41, 5.74) is 0.934. The molecule has 1 atom stereocenters. The summed E-state index contributed by atoms with van der Waals surface area (Å²) in [5, 5.41) is 13.0. The third-order valence-electron chi connectivity index (χ3n) is 2.84. The predicted octanol–water partition coefficient (Wildman–Crippen LogP) is 2.67. The van der Waals surface area contributed by atoms with E-state index in [1.54, 1.807) is 6.26 Å². The van der Waals surface area contributed by atoms with Crippen LogP contribution in [0.1, 0.15) is 12.7 Å². The molecule has 2 rings (SSSR count). The maximum Gasteiger partial charge on any atom is 0.129 e. The van der Waals surface area contributed by atoms with E-state index >= 15 is 0 Å². The number of nitrogens with one attached hydrogen (secondary N) is 1. The van der Waals surface area contributed by atoms with E-state index in [9.17, 15) is 5.11 Å². The fourth-order valence-electron chi connectivity index (χ4n) is 1.82. The molecule has 5 heteroatoms. The molecule has 0 spiro atoms. The number of hydrogen-bond acceptors (Lipinski definition) is 5. The average Bonchev–Trinajstić information content (AvgIpc) is 3.00. The highest BCUT2D eigenvalue weighted by Crippen LogP contribution is 2.15. The quantitative estimate of drug-likeness (QED) is 0.743.